The van der Waals surface area contributed by atoms with Crippen LogP contribution >= 0.6 is 11.8 Å². The number of ether oxygens (including phenoxy) is 1. The lowest BCUT2D eigenvalue weighted by atomic mass is 10.1. The van der Waals surface area contributed by atoms with Crippen LogP contribution in [0.25, 0.3) is 0 Å². The SMILES string of the molecule is O=C(CSc1nnc(N2CCOCC2)n1Cc1ccccc1)c1ccc(O)cc1. The van der Waals surface area contributed by atoms with Gasteiger partial charge in [0.1, 0.15) is 5.75 Å². The molecule has 0 bridgehead atoms. The van der Waals surface area contributed by atoms with Crippen LogP contribution in [0.5, 0.6) is 5.75 Å². The lowest BCUT2D eigenvalue weighted by Crippen LogP contribution is -2.38. The van der Waals surface area contributed by atoms with Crippen molar-refractivity contribution in [3.63, 3.8) is 0 Å². The molecule has 150 valence electrons. The van der Waals surface area contributed by atoms with Crippen LogP contribution in [0.3, 0.4) is 0 Å². The summed E-state index contributed by atoms with van der Waals surface area (Å²) in [4.78, 5) is 14.7. The average molecular weight is 410 g/mol. The third kappa shape index (κ3) is 4.78. The van der Waals surface area contributed by atoms with Crippen molar-refractivity contribution in [2.45, 2.75) is 11.7 Å². The number of hydrogen-bond donors (Lipinski definition) is 1. The molecule has 2 heterocycles. The van der Waals surface area contributed by atoms with Gasteiger partial charge in [0.05, 0.1) is 25.5 Å². The maximum Gasteiger partial charge on any atom is 0.228 e. The highest BCUT2D eigenvalue weighted by Crippen LogP contribution is 2.25. The second-order valence-corrected chi connectivity index (χ2v) is 7.65. The van der Waals surface area contributed by atoms with Crippen molar-refractivity contribution < 1.29 is 14.6 Å². The van der Waals surface area contributed by atoms with Crippen LogP contribution in [-0.2, 0) is 11.3 Å². The Hall–Kier alpha value is -2.84. The van der Waals surface area contributed by atoms with Crippen molar-refractivity contribution in [3.8, 4) is 5.75 Å². The minimum Gasteiger partial charge on any atom is -0.508 e. The minimum atomic E-state index is -0.0165. The number of ketones is 1. The van der Waals surface area contributed by atoms with E-state index >= 15 is 0 Å². The van der Waals surface area contributed by atoms with Gasteiger partial charge in [0.25, 0.3) is 0 Å². The zero-order valence-corrected chi connectivity index (χ0v) is 16.7. The molecule has 0 saturated carbocycles. The van der Waals surface area contributed by atoms with Crippen LogP contribution < -0.4 is 4.90 Å². The van der Waals surface area contributed by atoms with E-state index in [2.05, 4.69) is 31.8 Å². The number of morpholine rings is 1. The minimum absolute atomic E-state index is 0.0165. The standard InChI is InChI=1S/C21H22N4O3S/c26-18-8-6-17(7-9-18)19(27)15-29-21-23-22-20(24-10-12-28-13-11-24)25(21)14-16-4-2-1-3-5-16/h1-9,26H,10-15H2. The molecule has 2 aromatic carbocycles. The second-order valence-electron chi connectivity index (χ2n) is 6.71. The molecule has 1 saturated heterocycles. The predicted octanol–water partition coefficient (Wildman–Crippen LogP) is 2.84. The summed E-state index contributed by atoms with van der Waals surface area (Å²) in [5, 5.41) is 18.9. The molecule has 1 aliphatic rings. The average Bonchev–Trinajstić information content (AvgIpc) is 3.16. The molecule has 0 atom stereocenters. The van der Waals surface area contributed by atoms with Gasteiger partial charge in [0.2, 0.25) is 5.95 Å². The number of nitrogens with zero attached hydrogens (tertiary/aromatic N) is 4. The van der Waals surface area contributed by atoms with E-state index in [9.17, 15) is 9.90 Å². The molecule has 4 rings (SSSR count). The first-order valence-electron chi connectivity index (χ1n) is 9.45. The van der Waals surface area contributed by atoms with Crippen LogP contribution in [0.1, 0.15) is 15.9 Å². The van der Waals surface area contributed by atoms with Gasteiger partial charge in [0, 0.05) is 18.7 Å². The Labute approximate surface area is 173 Å². The smallest absolute Gasteiger partial charge is 0.228 e. The summed E-state index contributed by atoms with van der Waals surface area (Å²) in [7, 11) is 0. The van der Waals surface area contributed by atoms with Gasteiger partial charge >= 0.3 is 0 Å². The monoisotopic (exact) mass is 410 g/mol. The number of carbonyl (C=O) groups excluding carboxylic acids is 1. The molecular formula is C21H22N4O3S. The van der Waals surface area contributed by atoms with E-state index in [1.165, 1.54) is 23.9 Å². The summed E-state index contributed by atoms with van der Waals surface area (Å²) < 4.78 is 7.52. The molecular weight excluding hydrogens is 388 g/mol. The van der Waals surface area contributed by atoms with E-state index in [1.807, 2.05) is 18.2 Å². The van der Waals surface area contributed by atoms with Gasteiger partial charge in [0.15, 0.2) is 10.9 Å². The van der Waals surface area contributed by atoms with Crippen molar-refractivity contribution >= 4 is 23.5 Å². The van der Waals surface area contributed by atoms with Crippen molar-refractivity contribution in [2.75, 3.05) is 37.0 Å². The molecule has 29 heavy (non-hydrogen) atoms. The van der Waals surface area contributed by atoms with Crippen molar-refractivity contribution in [2.24, 2.45) is 0 Å². The summed E-state index contributed by atoms with van der Waals surface area (Å²) in [5.74, 6) is 1.18. The largest absolute Gasteiger partial charge is 0.508 e. The fraction of sp³-hybridized carbons (Fsp3) is 0.286. The Bertz CT molecular complexity index is 954. The lowest BCUT2D eigenvalue weighted by Gasteiger charge is -2.28. The third-order valence-electron chi connectivity index (χ3n) is 4.70. The van der Waals surface area contributed by atoms with Gasteiger partial charge in [-0.15, -0.1) is 10.2 Å². The van der Waals surface area contributed by atoms with Crippen LogP contribution in [0.15, 0.2) is 59.8 Å². The molecule has 1 aliphatic heterocycles. The van der Waals surface area contributed by atoms with Crippen LogP contribution in [0.2, 0.25) is 0 Å². The molecule has 0 aliphatic carbocycles. The molecule has 8 heteroatoms. The Kier molecular flexibility index (Phi) is 6.12. The summed E-state index contributed by atoms with van der Waals surface area (Å²) in [6, 6.07) is 16.4. The zero-order chi connectivity index (χ0) is 20.1. The fourth-order valence-electron chi connectivity index (χ4n) is 3.15. The van der Waals surface area contributed by atoms with Crippen molar-refractivity contribution in [3.05, 3.63) is 65.7 Å². The molecule has 0 radical (unpaired) electrons. The normalized spacial score (nSPS) is 14.1. The predicted molar refractivity (Wildman–Crippen MR) is 112 cm³/mol. The summed E-state index contributed by atoms with van der Waals surface area (Å²) in [6.07, 6.45) is 0. The highest BCUT2D eigenvalue weighted by molar-refractivity contribution is 7.99. The first-order chi connectivity index (χ1) is 14.2. The van der Waals surface area contributed by atoms with E-state index in [0.29, 0.717) is 30.5 Å². The zero-order valence-electron chi connectivity index (χ0n) is 15.9. The number of thioether (sulfide) groups is 1. The van der Waals surface area contributed by atoms with Crippen molar-refractivity contribution in [1.82, 2.24) is 14.8 Å². The molecule has 1 aromatic heterocycles. The summed E-state index contributed by atoms with van der Waals surface area (Å²) in [6.45, 7) is 3.50. The van der Waals surface area contributed by atoms with Crippen LogP contribution in [0.4, 0.5) is 5.95 Å². The fourth-order valence-corrected chi connectivity index (χ4v) is 3.98. The Morgan fingerprint density at radius 1 is 1.03 bits per heavy atom. The number of aromatic nitrogens is 3. The van der Waals surface area contributed by atoms with E-state index < -0.39 is 0 Å². The van der Waals surface area contributed by atoms with Gasteiger partial charge in [-0.05, 0) is 29.8 Å². The van der Waals surface area contributed by atoms with E-state index in [4.69, 9.17) is 4.74 Å². The summed E-state index contributed by atoms with van der Waals surface area (Å²) >= 11 is 1.38. The number of phenols is 1. The molecule has 7 nitrogen and oxygen atoms in total. The molecule has 0 spiro atoms. The van der Waals surface area contributed by atoms with Gasteiger partial charge in [-0.25, -0.2) is 0 Å². The maximum atomic E-state index is 12.5. The second kappa shape index (κ2) is 9.11. The van der Waals surface area contributed by atoms with Crippen molar-refractivity contribution in [1.29, 1.82) is 0 Å². The van der Waals surface area contributed by atoms with E-state index in [1.54, 1.807) is 12.1 Å². The molecule has 1 N–H and O–H groups in total. The quantitative estimate of drug-likeness (QED) is 0.474. The first-order valence-corrected chi connectivity index (χ1v) is 10.4. The van der Waals surface area contributed by atoms with Gasteiger partial charge in [-0.1, -0.05) is 42.1 Å². The Balaban J connectivity index is 1.54. The summed E-state index contributed by atoms with van der Waals surface area (Å²) in [5.41, 5.74) is 1.71. The molecule has 1 fully saturated rings. The number of aromatic hydroxyl groups is 1. The number of Topliss-reactive ketones (excluding diaryl/α,β-unsaturated/α-hetero) is 1. The van der Waals surface area contributed by atoms with Gasteiger partial charge in [-0.2, -0.15) is 0 Å². The third-order valence-corrected chi connectivity index (χ3v) is 5.66. The van der Waals surface area contributed by atoms with Gasteiger partial charge in [-0.3, -0.25) is 9.36 Å². The number of rotatable bonds is 7. The lowest BCUT2D eigenvalue weighted by molar-refractivity contribution is 0.102. The Morgan fingerprint density at radius 2 is 1.76 bits per heavy atom. The molecule has 3 aromatic rings. The van der Waals surface area contributed by atoms with Crippen LogP contribution in [-0.4, -0.2) is 57.7 Å². The highest BCUT2D eigenvalue weighted by atomic mass is 32.2. The van der Waals surface area contributed by atoms with Gasteiger partial charge < -0.3 is 14.7 Å². The van der Waals surface area contributed by atoms with E-state index in [0.717, 1.165) is 24.6 Å². The Morgan fingerprint density at radius 3 is 2.48 bits per heavy atom. The van der Waals surface area contributed by atoms with Crippen LogP contribution in [0, 0.1) is 0 Å². The highest BCUT2D eigenvalue weighted by Gasteiger charge is 2.21. The number of carbonyl (C=O) groups is 1. The van der Waals surface area contributed by atoms with E-state index in [-0.39, 0.29) is 17.3 Å². The number of benzene rings is 2. The number of hydrogen-bond acceptors (Lipinski definition) is 7. The molecule has 0 amide bonds. The first kappa shape index (κ1) is 19.5. The number of phenolic OH excluding ortho intramolecular Hbond substituents is 1. The molecule has 0 unspecified atom stereocenters. The maximum absolute atomic E-state index is 12.5. The topological polar surface area (TPSA) is 80.5 Å². The number of anilines is 1.